The molecule has 2 aromatic heterocycles. The summed E-state index contributed by atoms with van der Waals surface area (Å²) in [5.41, 5.74) is 3.56. The lowest BCUT2D eigenvalue weighted by Crippen LogP contribution is -2.20. The van der Waals surface area contributed by atoms with Gasteiger partial charge in [0.1, 0.15) is 0 Å². The Bertz CT molecular complexity index is 1010. The molecular formula is C22H24N4O3. The van der Waals surface area contributed by atoms with Gasteiger partial charge in [0.15, 0.2) is 23.9 Å². The van der Waals surface area contributed by atoms with Crippen LogP contribution < -0.4 is 14.8 Å². The molecule has 1 aromatic carbocycles. The molecule has 3 rings (SSSR count). The highest BCUT2D eigenvalue weighted by molar-refractivity contribution is 5.91. The maximum atomic E-state index is 12.2. The number of aryl methyl sites for hydroxylation is 2. The first-order valence-electron chi connectivity index (χ1n) is 9.20. The normalized spacial score (nSPS) is 10.4. The number of carbonyl (C=O) groups is 1. The minimum Gasteiger partial charge on any atom is -0.493 e. The van der Waals surface area contributed by atoms with Gasteiger partial charge in [-0.15, -0.1) is 6.58 Å². The summed E-state index contributed by atoms with van der Waals surface area (Å²) in [6.07, 6.45) is 4.14. The third-order valence-electron chi connectivity index (χ3n) is 4.23. The highest BCUT2D eigenvalue weighted by atomic mass is 16.5. The smallest absolute Gasteiger partial charge is 0.262 e. The first-order valence-corrected chi connectivity index (χ1v) is 9.20. The van der Waals surface area contributed by atoms with Crippen LogP contribution >= 0.6 is 0 Å². The number of nitrogens with one attached hydrogen (secondary N) is 1. The van der Waals surface area contributed by atoms with Crippen molar-refractivity contribution in [3.8, 4) is 17.3 Å². The topological polar surface area (TPSA) is 78.3 Å². The van der Waals surface area contributed by atoms with Gasteiger partial charge in [-0.3, -0.25) is 4.79 Å². The third kappa shape index (κ3) is 5.01. The van der Waals surface area contributed by atoms with E-state index < -0.39 is 0 Å². The lowest BCUT2D eigenvalue weighted by Gasteiger charge is -2.12. The summed E-state index contributed by atoms with van der Waals surface area (Å²) >= 11 is 0. The molecule has 29 heavy (non-hydrogen) atoms. The molecule has 0 saturated carbocycles. The Kier molecular flexibility index (Phi) is 6.29. The van der Waals surface area contributed by atoms with Gasteiger partial charge in [0, 0.05) is 5.69 Å². The number of ether oxygens (including phenoxy) is 2. The number of hydrogen-bond donors (Lipinski definition) is 1. The van der Waals surface area contributed by atoms with E-state index in [9.17, 15) is 4.79 Å². The van der Waals surface area contributed by atoms with Crippen molar-refractivity contribution in [2.45, 2.75) is 20.3 Å². The van der Waals surface area contributed by atoms with Crippen LogP contribution in [-0.4, -0.2) is 34.4 Å². The molecule has 150 valence electrons. The van der Waals surface area contributed by atoms with Gasteiger partial charge < -0.3 is 14.8 Å². The van der Waals surface area contributed by atoms with Crippen LogP contribution in [0.2, 0.25) is 0 Å². The quantitative estimate of drug-likeness (QED) is 0.592. The molecule has 0 spiro atoms. The van der Waals surface area contributed by atoms with Crippen molar-refractivity contribution in [3.63, 3.8) is 0 Å². The number of anilines is 1. The van der Waals surface area contributed by atoms with Gasteiger partial charge in [0.25, 0.3) is 5.91 Å². The number of hydrogen-bond acceptors (Lipinski definition) is 5. The molecule has 0 unspecified atom stereocenters. The van der Waals surface area contributed by atoms with Gasteiger partial charge >= 0.3 is 0 Å². The molecule has 1 amide bonds. The zero-order valence-electron chi connectivity index (χ0n) is 16.8. The molecule has 0 saturated heterocycles. The van der Waals surface area contributed by atoms with Gasteiger partial charge in [-0.25, -0.2) is 9.67 Å². The second-order valence-corrected chi connectivity index (χ2v) is 6.56. The first kappa shape index (κ1) is 20.1. The second-order valence-electron chi connectivity index (χ2n) is 6.56. The van der Waals surface area contributed by atoms with Crippen LogP contribution in [0, 0.1) is 13.8 Å². The summed E-state index contributed by atoms with van der Waals surface area (Å²) in [6.45, 7) is 7.48. The maximum absolute atomic E-state index is 12.2. The van der Waals surface area contributed by atoms with Crippen molar-refractivity contribution in [3.05, 3.63) is 72.2 Å². The summed E-state index contributed by atoms with van der Waals surface area (Å²) < 4.78 is 12.7. The van der Waals surface area contributed by atoms with Crippen LogP contribution in [-0.2, 0) is 11.2 Å². The van der Waals surface area contributed by atoms with E-state index in [0.29, 0.717) is 23.0 Å². The largest absolute Gasteiger partial charge is 0.493 e. The Morgan fingerprint density at radius 1 is 1.21 bits per heavy atom. The number of allylic oxidation sites excluding steroid dienone is 1. The molecule has 3 aromatic rings. The zero-order valence-corrected chi connectivity index (χ0v) is 16.8. The Balaban J connectivity index is 1.60. The van der Waals surface area contributed by atoms with E-state index in [2.05, 4.69) is 22.0 Å². The number of methoxy groups -OCH3 is 1. The van der Waals surface area contributed by atoms with Crippen LogP contribution in [0.15, 0.2) is 55.3 Å². The fourth-order valence-electron chi connectivity index (χ4n) is 2.91. The molecule has 7 nitrogen and oxygen atoms in total. The first-order chi connectivity index (χ1) is 14.0. The van der Waals surface area contributed by atoms with Gasteiger partial charge in [-0.1, -0.05) is 12.1 Å². The highest BCUT2D eigenvalue weighted by Gasteiger charge is 2.10. The Morgan fingerprint density at radius 3 is 2.66 bits per heavy atom. The van der Waals surface area contributed by atoms with Crippen LogP contribution in [0.25, 0.3) is 5.82 Å². The van der Waals surface area contributed by atoms with Crippen molar-refractivity contribution in [1.82, 2.24) is 14.8 Å². The highest BCUT2D eigenvalue weighted by Crippen LogP contribution is 2.28. The second kappa shape index (κ2) is 9.05. The standard InChI is InChI=1S/C22H24N4O3/c1-5-6-17-7-9-19(20(12-17)28-4)29-14-22(27)24-18-8-10-21(23-13-18)26-16(3)11-15(2)25-26/h5,7-13H,1,6,14H2,2-4H3,(H,24,27). The number of amides is 1. The van der Waals surface area contributed by atoms with Gasteiger partial charge in [0.2, 0.25) is 0 Å². The van der Waals surface area contributed by atoms with E-state index in [1.165, 1.54) is 0 Å². The molecule has 1 N–H and O–H groups in total. The SMILES string of the molecule is C=CCc1ccc(OCC(=O)Nc2ccc(-n3nc(C)cc3C)nc2)c(OC)c1. The summed E-state index contributed by atoms with van der Waals surface area (Å²) in [5.74, 6) is 1.48. The zero-order chi connectivity index (χ0) is 20.8. The number of pyridine rings is 1. The fourth-order valence-corrected chi connectivity index (χ4v) is 2.91. The molecular weight excluding hydrogens is 368 g/mol. The summed E-state index contributed by atoms with van der Waals surface area (Å²) in [7, 11) is 1.57. The minimum absolute atomic E-state index is 0.142. The average molecular weight is 392 g/mol. The lowest BCUT2D eigenvalue weighted by molar-refractivity contribution is -0.118. The number of aromatic nitrogens is 3. The van der Waals surface area contributed by atoms with Gasteiger partial charge in [0.05, 0.1) is 24.7 Å². The minimum atomic E-state index is -0.289. The van der Waals surface area contributed by atoms with Crippen LogP contribution in [0.5, 0.6) is 11.5 Å². The molecule has 0 radical (unpaired) electrons. The summed E-state index contributed by atoms with van der Waals surface area (Å²) in [4.78, 5) is 16.6. The van der Waals surface area contributed by atoms with Crippen molar-refractivity contribution in [1.29, 1.82) is 0 Å². The van der Waals surface area contributed by atoms with Gasteiger partial charge in [-0.05, 0) is 56.2 Å². The molecule has 0 atom stereocenters. The van der Waals surface area contributed by atoms with E-state index in [0.717, 1.165) is 23.4 Å². The number of carbonyl (C=O) groups excluding carboxylic acids is 1. The summed E-state index contributed by atoms with van der Waals surface area (Å²) in [6, 6.07) is 11.1. The van der Waals surface area contributed by atoms with Crippen LogP contribution in [0.3, 0.4) is 0 Å². The molecule has 0 aliphatic heterocycles. The number of nitrogens with zero attached hydrogens (tertiary/aromatic N) is 3. The molecule has 2 heterocycles. The van der Waals surface area contributed by atoms with E-state index in [-0.39, 0.29) is 12.5 Å². The van der Waals surface area contributed by atoms with Gasteiger partial charge in [-0.2, -0.15) is 5.10 Å². The third-order valence-corrected chi connectivity index (χ3v) is 4.23. The van der Waals surface area contributed by atoms with E-state index >= 15 is 0 Å². The Morgan fingerprint density at radius 2 is 2.03 bits per heavy atom. The predicted octanol–water partition coefficient (Wildman–Crippen LogP) is 3.64. The van der Waals surface area contributed by atoms with Crippen molar-refractivity contribution < 1.29 is 14.3 Å². The fraction of sp³-hybridized carbons (Fsp3) is 0.227. The maximum Gasteiger partial charge on any atom is 0.262 e. The summed E-state index contributed by atoms with van der Waals surface area (Å²) in [5, 5.41) is 7.17. The van der Waals surface area contributed by atoms with Crippen molar-refractivity contribution >= 4 is 11.6 Å². The molecule has 0 aliphatic rings. The lowest BCUT2D eigenvalue weighted by atomic mass is 10.1. The predicted molar refractivity (Wildman–Crippen MR) is 112 cm³/mol. The molecule has 0 bridgehead atoms. The van der Waals surface area contributed by atoms with E-state index in [4.69, 9.17) is 9.47 Å². The Labute approximate surface area is 170 Å². The van der Waals surface area contributed by atoms with E-state index in [1.54, 1.807) is 36.2 Å². The number of benzene rings is 1. The van der Waals surface area contributed by atoms with Crippen molar-refractivity contribution in [2.24, 2.45) is 0 Å². The average Bonchev–Trinajstić information content (AvgIpc) is 3.05. The van der Waals surface area contributed by atoms with Crippen molar-refractivity contribution in [2.75, 3.05) is 19.0 Å². The molecule has 0 aliphatic carbocycles. The molecule has 0 fully saturated rings. The molecule has 7 heteroatoms. The van der Waals surface area contributed by atoms with Crippen LogP contribution in [0.4, 0.5) is 5.69 Å². The van der Waals surface area contributed by atoms with Crippen LogP contribution in [0.1, 0.15) is 17.0 Å². The van der Waals surface area contributed by atoms with E-state index in [1.807, 2.05) is 38.1 Å². The monoisotopic (exact) mass is 392 g/mol. The number of rotatable bonds is 8. The Hall–Kier alpha value is -3.61.